The summed E-state index contributed by atoms with van der Waals surface area (Å²) in [5.74, 6) is 0.296. The first kappa shape index (κ1) is 20.1. The maximum Gasteiger partial charge on any atom is 0.508 e. The minimum Gasteiger partial charge on any atom is -0.434 e. The van der Waals surface area contributed by atoms with Gasteiger partial charge in [0.05, 0.1) is 52.9 Å². The second kappa shape index (κ2) is 15.5. The van der Waals surface area contributed by atoms with Crippen molar-refractivity contribution in [2.75, 3.05) is 66.6 Å². The number of methoxy groups -OCH3 is 1. The highest BCUT2D eigenvalue weighted by atomic mass is 16.7. The Morgan fingerprint density at radius 3 is 1.71 bits per heavy atom. The lowest BCUT2D eigenvalue weighted by Crippen LogP contribution is -2.16. The molecule has 0 unspecified atom stereocenters. The molecule has 0 aliphatic heterocycles. The van der Waals surface area contributed by atoms with Crippen LogP contribution in [0.5, 0.6) is 0 Å². The first-order chi connectivity index (χ1) is 10.2. The third-order valence-corrected chi connectivity index (χ3v) is 2.16. The van der Waals surface area contributed by atoms with Crippen LogP contribution in [0.2, 0.25) is 0 Å². The molecule has 0 saturated carbocycles. The van der Waals surface area contributed by atoms with Gasteiger partial charge in [-0.1, -0.05) is 13.8 Å². The van der Waals surface area contributed by atoms with Crippen molar-refractivity contribution < 1.29 is 33.2 Å². The Morgan fingerprint density at radius 2 is 1.24 bits per heavy atom. The Kier molecular flexibility index (Phi) is 14.8. The lowest BCUT2D eigenvalue weighted by atomic mass is 10.2. The summed E-state index contributed by atoms with van der Waals surface area (Å²) in [6.07, 6.45) is -0.656. The minimum absolute atomic E-state index is 0.178. The van der Waals surface area contributed by atoms with E-state index in [1.54, 1.807) is 7.11 Å². The topological polar surface area (TPSA) is 72.5 Å². The summed E-state index contributed by atoms with van der Waals surface area (Å²) in [6, 6.07) is 0. The fourth-order valence-corrected chi connectivity index (χ4v) is 1.14. The van der Waals surface area contributed by atoms with E-state index in [-0.39, 0.29) is 6.61 Å². The molecule has 0 radical (unpaired) electrons. The van der Waals surface area contributed by atoms with Gasteiger partial charge in [0.2, 0.25) is 0 Å². The highest BCUT2D eigenvalue weighted by molar-refractivity contribution is 5.59. The van der Waals surface area contributed by atoms with Crippen molar-refractivity contribution in [2.24, 2.45) is 5.92 Å². The zero-order valence-corrected chi connectivity index (χ0v) is 13.3. The summed E-state index contributed by atoms with van der Waals surface area (Å²) >= 11 is 0. The molecule has 0 saturated heterocycles. The van der Waals surface area contributed by atoms with Crippen LogP contribution in [0.25, 0.3) is 0 Å². The van der Waals surface area contributed by atoms with Gasteiger partial charge in [-0.05, 0) is 5.92 Å². The van der Waals surface area contributed by atoms with Crippen molar-refractivity contribution in [3.05, 3.63) is 0 Å². The molecule has 7 heteroatoms. The van der Waals surface area contributed by atoms with E-state index in [1.807, 2.05) is 13.8 Å². The van der Waals surface area contributed by atoms with Gasteiger partial charge in [-0.2, -0.15) is 0 Å². The quantitative estimate of drug-likeness (QED) is 0.355. The Bertz CT molecular complexity index is 233. The zero-order chi connectivity index (χ0) is 15.8. The summed E-state index contributed by atoms with van der Waals surface area (Å²) in [6.45, 7) is 7.91. The van der Waals surface area contributed by atoms with Crippen LogP contribution in [0, 0.1) is 5.92 Å². The number of hydrogen-bond donors (Lipinski definition) is 0. The number of carbonyl (C=O) groups excluding carboxylic acids is 1. The van der Waals surface area contributed by atoms with E-state index < -0.39 is 6.16 Å². The molecular weight excluding hydrogens is 280 g/mol. The fourth-order valence-electron chi connectivity index (χ4n) is 1.14. The number of rotatable bonds is 14. The lowest BCUT2D eigenvalue weighted by molar-refractivity contribution is -0.00930. The highest BCUT2D eigenvalue weighted by Crippen LogP contribution is 1.94. The summed E-state index contributed by atoms with van der Waals surface area (Å²) in [7, 11) is 1.63. The van der Waals surface area contributed by atoms with Gasteiger partial charge in [-0.25, -0.2) is 4.79 Å². The molecule has 21 heavy (non-hydrogen) atoms. The summed E-state index contributed by atoms with van der Waals surface area (Å²) in [5, 5.41) is 0. The maximum absolute atomic E-state index is 11.1. The second-order valence-electron chi connectivity index (χ2n) is 4.63. The number of carbonyl (C=O) groups is 1. The van der Waals surface area contributed by atoms with Gasteiger partial charge in [0.1, 0.15) is 6.61 Å². The SMILES string of the molecule is COCCOCCOCCOCCOC(=O)OCC(C)C. The molecule has 0 fully saturated rings. The third kappa shape index (κ3) is 17.1. The van der Waals surface area contributed by atoms with Crippen LogP contribution in [0.4, 0.5) is 4.79 Å². The van der Waals surface area contributed by atoms with Crippen LogP contribution >= 0.6 is 0 Å². The molecular formula is C14H28O7. The third-order valence-electron chi connectivity index (χ3n) is 2.16. The van der Waals surface area contributed by atoms with Crippen LogP contribution in [-0.2, 0) is 28.4 Å². The normalized spacial score (nSPS) is 10.9. The largest absolute Gasteiger partial charge is 0.508 e. The highest BCUT2D eigenvalue weighted by Gasteiger charge is 2.04. The van der Waals surface area contributed by atoms with E-state index in [0.717, 1.165) is 0 Å². The molecule has 0 N–H and O–H groups in total. The van der Waals surface area contributed by atoms with Crippen LogP contribution in [-0.4, -0.2) is 72.7 Å². The van der Waals surface area contributed by atoms with Gasteiger partial charge in [0.15, 0.2) is 0 Å². The summed E-state index contributed by atoms with van der Waals surface area (Å²) in [5.41, 5.74) is 0. The van der Waals surface area contributed by atoms with E-state index in [1.165, 1.54) is 0 Å². The van der Waals surface area contributed by atoms with Crippen LogP contribution < -0.4 is 0 Å². The summed E-state index contributed by atoms with van der Waals surface area (Å²) in [4.78, 5) is 11.1. The fraction of sp³-hybridized carbons (Fsp3) is 0.929. The Hall–Kier alpha value is -0.890. The molecule has 0 heterocycles. The first-order valence-electron chi connectivity index (χ1n) is 7.18. The van der Waals surface area contributed by atoms with Gasteiger partial charge in [0, 0.05) is 7.11 Å². The molecule has 0 amide bonds. The predicted octanol–water partition coefficient (Wildman–Crippen LogP) is 1.49. The van der Waals surface area contributed by atoms with Crippen LogP contribution in [0.3, 0.4) is 0 Å². The maximum atomic E-state index is 11.1. The second-order valence-corrected chi connectivity index (χ2v) is 4.63. The standard InChI is InChI=1S/C14H28O7/c1-13(2)12-21-14(15)20-11-10-19-9-8-18-7-6-17-5-4-16-3/h13H,4-12H2,1-3H3. The zero-order valence-electron chi connectivity index (χ0n) is 13.3. The molecule has 0 bridgehead atoms. The molecule has 0 spiro atoms. The molecule has 126 valence electrons. The molecule has 0 aliphatic rings. The van der Waals surface area contributed by atoms with Gasteiger partial charge < -0.3 is 28.4 Å². The lowest BCUT2D eigenvalue weighted by Gasteiger charge is -2.08. The van der Waals surface area contributed by atoms with Crippen LogP contribution in [0.15, 0.2) is 0 Å². The van der Waals surface area contributed by atoms with Crippen molar-refractivity contribution in [1.82, 2.24) is 0 Å². The monoisotopic (exact) mass is 308 g/mol. The van der Waals surface area contributed by atoms with E-state index in [9.17, 15) is 4.79 Å². The van der Waals surface area contributed by atoms with Gasteiger partial charge in [0.25, 0.3) is 0 Å². The van der Waals surface area contributed by atoms with Crippen molar-refractivity contribution in [1.29, 1.82) is 0 Å². The Morgan fingerprint density at radius 1 is 0.762 bits per heavy atom. The first-order valence-corrected chi connectivity index (χ1v) is 7.18. The van der Waals surface area contributed by atoms with Crippen molar-refractivity contribution in [3.8, 4) is 0 Å². The van der Waals surface area contributed by atoms with Gasteiger partial charge in [-0.3, -0.25) is 0 Å². The van der Waals surface area contributed by atoms with E-state index in [2.05, 4.69) is 0 Å². The molecule has 0 rings (SSSR count). The van der Waals surface area contributed by atoms with Crippen molar-refractivity contribution in [3.63, 3.8) is 0 Å². The molecule has 0 aliphatic carbocycles. The molecule has 0 atom stereocenters. The molecule has 0 aromatic carbocycles. The van der Waals surface area contributed by atoms with Gasteiger partial charge in [-0.15, -0.1) is 0 Å². The van der Waals surface area contributed by atoms with Crippen LogP contribution in [0.1, 0.15) is 13.8 Å². The Balaban J connectivity index is 3.10. The smallest absolute Gasteiger partial charge is 0.434 e. The van der Waals surface area contributed by atoms with E-state index in [4.69, 9.17) is 28.4 Å². The molecule has 0 aromatic rings. The van der Waals surface area contributed by atoms with E-state index in [0.29, 0.717) is 58.8 Å². The average molecular weight is 308 g/mol. The van der Waals surface area contributed by atoms with Gasteiger partial charge >= 0.3 is 6.16 Å². The number of ether oxygens (including phenoxy) is 6. The predicted molar refractivity (Wildman–Crippen MR) is 76.5 cm³/mol. The molecule has 7 nitrogen and oxygen atoms in total. The summed E-state index contributed by atoms with van der Waals surface area (Å²) < 4.78 is 30.2. The average Bonchev–Trinajstić information content (AvgIpc) is 2.46. The number of hydrogen-bond acceptors (Lipinski definition) is 7. The Labute approximate surface area is 126 Å². The van der Waals surface area contributed by atoms with Crippen molar-refractivity contribution >= 4 is 6.16 Å². The minimum atomic E-state index is -0.656. The molecule has 0 aromatic heterocycles. The van der Waals surface area contributed by atoms with Crippen molar-refractivity contribution in [2.45, 2.75) is 13.8 Å². The van der Waals surface area contributed by atoms with E-state index >= 15 is 0 Å².